The topological polar surface area (TPSA) is 66.5 Å². The summed E-state index contributed by atoms with van der Waals surface area (Å²) < 4.78 is 47.7. The first-order valence-corrected chi connectivity index (χ1v) is 9.89. The minimum absolute atomic E-state index is 0.221. The lowest BCUT2D eigenvalue weighted by molar-refractivity contribution is -0.117. The molecule has 142 valence electrons. The quantitative estimate of drug-likeness (QED) is 0.635. The number of amides is 1. The summed E-state index contributed by atoms with van der Waals surface area (Å²) in [7, 11) is -4.62. The molecule has 0 saturated carbocycles. The van der Waals surface area contributed by atoms with Gasteiger partial charge >= 0.3 is 5.76 Å². The summed E-state index contributed by atoms with van der Waals surface area (Å²) in [5.74, 6) is -3.69. The fourth-order valence-corrected chi connectivity index (χ4v) is 3.02. The van der Waals surface area contributed by atoms with Crippen molar-refractivity contribution in [1.82, 2.24) is 4.90 Å². The van der Waals surface area contributed by atoms with Crippen molar-refractivity contribution in [3.63, 3.8) is 0 Å². The number of nitrogens with one attached hydrogen (secondary N) is 1. The smallest absolute Gasteiger partial charge is 0.325 e. The van der Waals surface area contributed by atoms with Crippen LogP contribution in [0.15, 0.2) is 29.2 Å². The zero-order chi connectivity index (χ0) is 19.0. The van der Waals surface area contributed by atoms with Gasteiger partial charge in [-0.1, -0.05) is 19.8 Å². The second-order valence-corrected chi connectivity index (χ2v) is 8.07. The maximum atomic E-state index is 12.5. The molecule has 0 aliphatic carbocycles. The number of rotatable bonds is 10. The lowest BCUT2D eigenvalue weighted by Gasteiger charge is -2.25. The number of nitrogens with zero attached hydrogens (tertiary/aromatic N) is 1. The second-order valence-electron chi connectivity index (χ2n) is 6.15. The molecule has 0 heterocycles. The standard InChI is InChI=1S/C17H26F2N2O3S/c1-4-5-6-11-21(13(2)3)12-16(22)20-14-7-9-15(10-8-14)25(23,24)17(18)19/h7-10,13,17H,4-6,11-12H2,1-3H3,(H,20,22). The zero-order valence-electron chi connectivity index (χ0n) is 14.8. The van der Waals surface area contributed by atoms with E-state index >= 15 is 0 Å². The Morgan fingerprint density at radius 2 is 1.76 bits per heavy atom. The van der Waals surface area contributed by atoms with Crippen molar-refractivity contribution in [2.45, 2.75) is 56.7 Å². The lowest BCUT2D eigenvalue weighted by Crippen LogP contribution is -2.38. The first-order chi connectivity index (χ1) is 11.7. The fourth-order valence-electron chi connectivity index (χ4n) is 2.30. The highest BCUT2D eigenvalue weighted by Gasteiger charge is 2.26. The molecule has 0 unspecified atom stereocenters. The predicted molar refractivity (Wildman–Crippen MR) is 94.5 cm³/mol. The van der Waals surface area contributed by atoms with Crippen LogP contribution in [0.25, 0.3) is 0 Å². The molecule has 0 fully saturated rings. The normalized spacial score (nSPS) is 12.2. The van der Waals surface area contributed by atoms with E-state index in [1.54, 1.807) is 0 Å². The van der Waals surface area contributed by atoms with Crippen molar-refractivity contribution in [3.8, 4) is 0 Å². The van der Waals surface area contributed by atoms with Crippen molar-refractivity contribution in [2.24, 2.45) is 0 Å². The minimum atomic E-state index is -4.62. The summed E-state index contributed by atoms with van der Waals surface area (Å²) in [6.45, 7) is 7.19. The molecule has 8 heteroatoms. The van der Waals surface area contributed by atoms with Crippen LogP contribution >= 0.6 is 0 Å². The van der Waals surface area contributed by atoms with Gasteiger partial charge in [0.05, 0.1) is 11.4 Å². The van der Waals surface area contributed by atoms with Crippen molar-refractivity contribution in [2.75, 3.05) is 18.4 Å². The van der Waals surface area contributed by atoms with Crippen LogP contribution in [0.1, 0.15) is 40.0 Å². The van der Waals surface area contributed by atoms with Crippen LogP contribution in [-0.4, -0.2) is 44.1 Å². The third kappa shape index (κ3) is 6.70. The molecule has 25 heavy (non-hydrogen) atoms. The Bertz CT molecular complexity index is 646. The summed E-state index contributed by atoms with van der Waals surface area (Å²) >= 11 is 0. The van der Waals surface area contributed by atoms with E-state index in [-0.39, 0.29) is 18.5 Å². The largest absolute Gasteiger partial charge is 0.341 e. The molecule has 0 spiro atoms. The summed E-state index contributed by atoms with van der Waals surface area (Å²) in [4.78, 5) is 13.7. The van der Waals surface area contributed by atoms with E-state index < -0.39 is 20.5 Å². The number of carbonyl (C=O) groups is 1. The molecule has 0 aliphatic rings. The van der Waals surface area contributed by atoms with Gasteiger partial charge in [0.15, 0.2) is 0 Å². The summed E-state index contributed by atoms with van der Waals surface area (Å²) in [5, 5.41) is 2.66. The number of hydrogen-bond acceptors (Lipinski definition) is 4. The van der Waals surface area contributed by atoms with Crippen LogP contribution < -0.4 is 5.32 Å². The van der Waals surface area contributed by atoms with E-state index in [0.717, 1.165) is 37.9 Å². The molecule has 1 N–H and O–H groups in total. The third-order valence-electron chi connectivity index (χ3n) is 3.83. The number of sulfone groups is 1. The Morgan fingerprint density at radius 1 is 1.16 bits per heavy atom. The Labute approximate surface area is 148 Å². The van der Waals surface area contributed by atoms with Gasteiger partial charge in [-0.3, -0.25) is 9.69 Å². The van der Waals surface area contributed by atoms with Gasteiger partial charge in [0, 0.05) is 11.7 Å². The summed E-state index contributed by atoms with van der Waals surface area (Å²) in [6.07, 6.45) is 3.22. The molecule has 1 rings (SSSR count). The van der Waals surface area contributed by atoms with Crippen LogP contribution in [-0.2, 0) is 14.6 Å². The molecular weight excluding hydrogens is 350 g/mol. The van der Waals surface area contributed by atoms with Gasteiger partial charge in [0.2, 0.25) is 15.7 Å². The van der Waals surface area contributed by atoms with E-state index in [4.69, 9.17) is 0 Å². The van der Waals surface area contributed by atoms with Gasteiger partial charge in [-0.2, -0.15) is 8.78 Å². The molecule has 5 nitrogen and oxygen atoms in total. The summed E-state index contributed by atoms with van der Waals surface area (Å²) in [5.41, 5.74) is 0.371. The average molecular weight is 376 g/mol. The monoisotopic (exact) mass is 376 g/mol. The Morgan fingerprint density at radius 3 is 2.24 bits per heavy atom. The maximum absolute atomic E-state index is 12.5. The number of halogens is 2. The van der Waals surface area contributed by atoms with E-state index in [1.165, 1.54) is 12.1 Å². The number of hydrogen-bond donors (Lipinski definition) is 1. The third-order valence-corrected chi connectivity index (χ3v) is 5.23. The molecule has 0 atom stereocenters. The SMILES string of the molecule is CCCCCN(CC(=O)Nc1ccc(S(=O)(=O)C(F)F)cc1)C(C)C. The Hall–Kier alpha value is -1.54. The number of alkyl halides is 2. The number of anilines is 1. The van der Waals surface area contributed by atoms with Gasteiger partial charge in [-0.25, -0.2) is 8.42 Å². The van der Waals surface area contributed by atoms with Gasteiger partial charge in [-0.15, -0.1) is 0 Å². The lowest BCUT2D eigenvalue weighted by atomic mass is 10.2. The minimum Gasteiger partial charge on any atom is -0.325 e. The maximum Gasteiger partial charge on any atom is 0.341 e. The second kappa shape index (κ2) is 9.82. The Balaban J connectivity index is 2.67. The van der Waals surface area contributed by atoms with Crippen molar-refractivity contribution in [1.29, 1.82) is 0 Å². The average Bonchev–Trinajstić information content (AvgIpc) is 2.54. The highest BCUT2D eigenvalue weighted by Crippen LogP contribution is 2.20. The van der Waals surface area contributed by atoms with Gasteiger partial charge in [0.25, 0.3) is 0 Å². The van der Waals surface area contributed by atoms with Crippen LogP contribution in [0.4, 0.5) is 14.5 Å². The molecule has 1 amide bonds. The van der Waals surface area contributed by atoms with Crippen molar-refractivity contribution in [3.05, 3.63) is 24.3 Å². The number of carbonyl (C=O) groups excluding carboxylic acids is 1. The number of benzene rings is 1. The Kier molecular flexibility index (Phi) is 8.44. The predicted octanol–water partition coefficient (Wildman–Crippen LogP) is 3.52. The first-order valence-electron chi connectivity index (χ1n) is 8.34. The summed E-state index contributed by atoms with van der Waals surface area (Å²) in [6, 6.07) is 4.98. The van der Waals surface area contributed by atoms with E-state index in [9.17, 15) is 22.0 Å². The molecule has 0 saturated heterocycles. The van der Waals surface area contributed by atoms with Crippen LogP contribution in [0.3, 0.4) is 0 Å². The fraction of sp³-hybridized carbons (Fsp3) is 0.588. The number of unbranched alkanes of at least 4 members (excludes halogenated alkanes) is 2. The van der Waals surface area contributed by atoms with Crippen molar-refractivity contribution < 1.29 is 22.0 Å². The van der Waals surface area contributed by atoms with Crippen LogP contribution in [0.5, 0.6) is 0 Å². The van der Waals surface area contributed by atoms with Gasteiger partial charge in [0.1, 0.15) is 0 Å². The highest BCUT2D eigenvalue weighted by molar-refractivity contribution is 7.91. The van der Waals surface area contributed by atoms with E-state index in [2.05, 4.69) is 17.1 Å². The van der Waals surface area contributed by atoms with E-state index in [0.29, 0.717) is 5.69 Å². The van der Waals surface area contributed by atoms with Crippen molar-refractivity contribution >= 4 is 21.4 Å². The van der Waals surface area contributed by atoms with Crippen LogP contribution in [0, 0.1) is 0 Å². The van der Waals surface area contributed by atoms with E-state index in [1.807, 2.05) is 13.8 Å². The molecule has 1 aromatic rings. The molecule has 0 aromatic heterocycles. The molecule has 0 radical (unpaired) electrons. The van der Waals surface area contributed by atoms with Crippen LogP contribution in [0.2, 0.25) is 0 Å². The molecule has 0 aliphatic heterocycles. The molecule has 0 bridgehead atoms. The highest BCUT2D eigenvalue weighted by atomic mass is 32.2. The molecular formula is C17H26F2N2O3S. The van der Waals surface area contributed by atoms with Gasteiger partial charge in [-0.05, 0) is 51.1 Å². The van der Waals surface area contributed by atoms with Gasteiger partial charge < -0.3 is 5.32 Å². The first kappa shape index (κ1) is 21.5. The zero-order valence-corrected chi connectivity index (χ0v) is 15.7. The molecule has 1 aromatic carbocycles.